The Kier molecular flexibility index (Phi) is 7.67. The third-order valence-corrected chi connectivity index (χ3v) is 3.62. The van der Waals surface area contributed by atoms with Gasteiger partial charge >= 0.3 is 5.97 Å². The van der Waals surface area contributed by atoms with Crippen molar-refractivity contribution in [2.75, 3.05) is 27.3 Å². The molecular weight excluding hydrogens is 332 g/mol. The average molecular weight is 354 g/mol. The van der Waals surface area contributed by atoms with E-state index in [0.29, 0.717) is 24.2 Å². The van der Waals surface area contributed by atoms with E-state index >= 15 is 0 Å². The van der Waals surface area contributed by atoms with Crippen molar-refractivity contribution in [2.45, 2.75) is 6.29 Å². The lowest BCUT2D eigenvalue weighted by atomic mass is 10.1. The number of aliphatic hydroxyl groups excluding tert-OH is 1. The molecule has 0 saturated heterocycles. The molecule has 2 aromatic rings. The van der Waals surface area contributed by atoms with Crippen LogP contribution in [0, 0.1) is 0 Å². The minimum absolute atomic E-state index is 0.354. The van der Waals surface area contributed by atoms with Gasteiger partial charge in [-0.15, -0.1) is 0 Å². The Balaban J connectivity index is 1.78. The predicted molar refractivity (Wildman–Crippen MR) is 101 cm³/mol. The third-order valence-electron chi connectivity index (χ3n) is 3.62. The van der Waals surface area contributed by atoms with Crippen LogP contribution in [0.3, 0.4) is 0 Å². The summed E-state index contributed by atoms with van der Waals surface area (Å²) in [7, 11) is 2.81. The van der Waals surface area contributed by atoms with Gasteiger partial charge in [0.05, 0.1) is 25.8 Å². The van der Waals surface area contributed by atoms with Crippen LogP contribution in [0.2, 0.25) is 0 Å². The lowest BCUT2D eigenvalue weighted by molar-refractivity contribution is -0.0769. The maximum atomic E-state index is 11.4. The molecule has 1 atom stereocenters. The van der Waals surface area contributed by atoms with Gasteiger partial charge in [-0.25, -0.2) is 4.79 Å². The molecule has 0 aliphatic rings. The van der Waals surface area contributed by atoms with Crippen molar-refractivity contribution in [3.05, 3.63) is 70.8 Å². The van der Waals surface area contributed by atoms with Crippen LogP contribution in [0.5, 0.6) is 0 Å². The Morgan fingerprint density at radius 2 is 1.46 bits per heavy atom. The molecule has 0 bridgehead atoms. The van der Waals surface area contributed by atoms with E-state index in [9.17, 15) is 9.90 Å². The molecule has 0 fully saturated rings. The highest BCUT2D eigenvalue weighted by molar-refractivity contribution is 5.90. The van der Waals surface area contributed by atoms with Crippen molar-refractivity contribution in [3.63, 3.8) is 0 Å². The average Bonchev–Trinajstić information content (AvgIpc) is 2.70. The molecule has 0 aromatic heterocycles. The lowest BCUT2D eigenvalue weighted by Gasteiger charge is -2.07. The number of aliphatic imine (C=N–C) groups is 2. The van der Waals surface area contributed by atoms with Crippen LogP contribution in [0.4, 0.5) is 0 Å². The first-order valence-electron chi connectivity index (χ1n) is 8.13. The normalized spacial score (nSPS) is 12.6. The number of carbonyl (C=O) groups is 1. The number of aliphatic hydroxyl groups is 1. The van der Waals surface area contributed by atoms with Gasteiger partial charge in [-0.2, -0.15) is 0 Å². The van der Waals surface area contributed by atoms with E-state index in [2.05, 4.69) is 14.7 Å². The minimum atomic E-state index is -0.906. The van der Waals surface area contributed by atoms with Crippen LogP contribution in [-0.4, -0.2) is 50.8 Å². The summed E-state index contributed by atoms with van der Waals surface area (Å²) in [6.45, 7) is 1.13. The number of carbonyl (C=O) groups excluding carboxylic acids is 1. The quantitative estimate of drug-likeness (QED) is 0.342. The van der Waals surface area contributed by atoms with E-state index in [0.717, 1.165) is 11.1 Å². The molecule has 0 radical (unpaired) electrons. The lowest BCUT2D eigenvalue weighted by Crippen LogP contribution is -2.00. The summed E-state index contributed by atoms with van der Waals surface area (Å²) in [5.74, 6) is -0.354. The number of esters is 1. The minimum Gasteiger partial charge on any atom is -0.465 e. The molecule has 0 aliphatic heterocycles. The highest BCUT2D eigenvalue weighted by atomic mass is 16.6. The fraction of sp³-hybridized carbons (Fsp3) is 0.250. The number of hydrogen-bond donors (Lipinski definition) is 1. The summed E-state index contributed by atoms with van der Waals surface area (Å²) in [5.41, 5.74) is 3.07. The Bertz CT molecular complexity index is 752. The first-order chi connectivity index (χ1) is 12.6. The van der Waals surface area contributed by atoms with Crippen molar-refractivity contribution in [2.24, 2.45) is 9.98 Å². The maximum Gasteiger partial charge on any atom is 0.337 e. The summed E-state index contributed by atoms with van der Waals surface area (Å²) in [6, 6.07) is 14.4. The van der Waals surface area contributed by atoms with Crippen LogP contribution in [0.25, 0.3) is 0 Å². The van der Waals surface area contributed by atoms with Crippen molar-refractivity contribution < 1.29 is 19.4 Å². The zero-order chi connectivity index (χ0) is 18.8. The molecule has 0 spiro atoms. The number of hydrogen-bond acceptors (Lipinski definition) is 6. The number of ether oxygens (including phenoxy) is 2. The highest BCUT2D eigenvalue weighted by Gasteiger charge is 2.04. The van der Waals surface area contributed by atoms with Crippen LogP contribution in [0.1, 0.15) is 33.3 Å². The summed E-state index contributed by atoms with van der Waals surface area (Å²) in [6.07, 6.45) is 2.61. The Morgan fingerprint density at radius 1 is 0.962 bits per heavy atom. The zero-order valence-electron chi connectivity index (χ0n) is 14.8. The highest BCUT2D eigenvalue weighted by Crippen LogP contribution is 2.13. The SMILES string of the molecule is COC(=O)c1ccc(C=NCCN=Cc2ccc(C(O)OC)cc2)cc1. The topological polar surface area (TPSA) is 80.5 Å². The van der Waals surface area contributed by atoms with E-state index in [-0.39, 0.29) is 5.97 Å². The molecule has 1 unspecified atom stereocenters. The molecule has 2 rings (SSSR count). The second-order valence-electron chi connectivity index (χ2n) is 5.44. The zero-order valence-corrected chi connectivity index (χ0v) is 14.8. The number of benzene rings is 2. The second kappa shape index (κ2) is 10.2. The van der Waals surface area contributed by atoms with Crippen LogP contribution < -0.4 is 0 Å². The van der Waals surface area contributed by atoms with Gasteiger partial charge in [0, 0.05) is 25.1 Å². The number of rotatable bonds is 8. The summed E-state index contributed by atoms with van der Waals surface area (Å²) < 4.78 is 9.50. The van der Waals surface area contributed by atoms with E-state index in [1.165, 1.54) is 14.2 Å². The maximum absolute atomic E-state index is 11.4. The van der Waals surface area contributed by atoms with Gasteiger partial charge in [-0.3, -0.25) is 9.98 Å². The fourth-order valence-electron chi connectivity index (χ4n) is 2.16. The van der Waals surface area contributed by atoms with Crippen LogP contribution in [-0.2, 0) is 9.47 Å². The second-order valence-corrected chi connectivity index (χ2v) is 5.44. The van der Waals surface area contributed by atoms with Crippen molar-refractivity contribution >= 4 is 18.4 Å². The fourth-order valence-corrected chi connectivity index (χ4v) is 2.16. The molecule has 0 heterocycles. The molecular formula is C20H22N2O4. The van der Waals surface area contributed by atoms with Crippen molar-refractivity contribution in [3.8, 4) is 0 Å². The van der Waals surface area contributed by atoms with Gasteiger partial charge in [-0.05, 0) is 23.3 Å². The molecule has 2 aromatic carbocycles. The molecule has 6 heteroatoms. The molecule has 26 heavy (non-hydrogen) atoms. The summed E-state index contributed by atoms with van der Waals surface area (Å²) in [4.78, 5) is 20.0. The van der Waals surface area contributed by atoms with Gasteiger partial charge in [0.15, 0.2) is 6.29 Å². The van der Waals surface area contributed by atoms with Crippen LogP contribution in [0.15, 0.2) is 58.5 Å². The molecule has 6 nitrogen and oxygen atoms in total. The standard InChI is InChI=1S/C20H22N2O4/c1-25-19(23)17-7-3-15(4-8-17)13-21-11-12-22-14-16-5-9-18(10-6-16)20(24)26-2/h3-10,13-14,19,23H,11-12H2,1-2H3. The van der Waals surface area contributed by atoms with Crippen LogP contribution >= 0.6 is 0 Å². The number of methoxy groups -OCH3 is 2. The largest absolute Gasteiger partial charge is 0.465 e. The molecule has 136 valence electrons. The Morgan fingerprint density at radius 3 is 1.92 bits per heavy atom. The predicted octanol–water partition coefficient (Wildman–Crippen LogP) is 2.65. The smallest absolute Gasteiger partial charge is 0.337 e. The first kappa shape index (κ1) is 19.5. The Hall–Kier alpha value is -2.83. The van der Waals surface area contributed by atoms with Crippen molar-refractivity contribution in [1.29, 1.82) is 0 Å². The molecule has 1 N–H and O–H groups in total. The van der Waals surface area contributed by atoms with E-state index in [1.807, 2.05) is 24.3 Å². The van der Waals surface area contributed by atoms with Gasteiger partial charge < -0.3 is 14.6 Å². The summed E-state index contributed by atoms with van der Waals surface area (Å²) in [5, 5.41) is 9.55. The van der Waals surface area contributed by atoms with Gasteiger partial charge in [-0.1, -0.05) is 36.4 Å². The Labute approximate surface area is 152 Å². The third kappa shape index (κ3) is 5.91. The van der Waals surface area contributed by atoms with Gasteiger partial charge in [0.25, 0.3) is 0 Å². The number of nitrogens with zero attached hydrogens (tertiary/aromatic N) is 2. The van der Waals surface area contributed by atoms with Gasteiger partial charge in [0.1, 0.15) is 0 Å². The molecule has 0 amide bonds. The van der Waals surface area contributed by atoms with E-state index in [1.54, 1.807) is 36.7 Å². The molecule has 0 saturated carbocycles. The van der Waals surface area contributed by atoms with Gasteiger partial charge in [0.2, 0.25) is 0 Å². The van der Waals surface area contributed by atoms with E-state index in [4.69, 9.17) is 4.74 Å². The van der Waals surface area contributed by atoms with Crippen molar-refractivity contribution in [1.82, 2.24) is 0 Å². The first-order valence-corrected chi connectivity index (χ1v) is 8.13. The van der Waals surface area contributed by atoms with E-state index < -0.39 is 6.29 Å². The molecule has 0 aliphatic carbocycles. The summed E-state index contributed by atoms with van der Waals surface area (Å²) >= 11 is 0. The monoisotopic (exact) mass is 354 g/mol.